The number of methoxy groups -OCH3 is 1. The zero-order valence-corrected chi connectivity index (χ0v) is 22.9. The van der Waals surface area contributed by atoms with E-state index in [0.29, 0.717) is 23.6 Å². The molecule has 1 saturated carbocycles. The number of halogens is 3. The van der Waals surface area contributed by atoms with E-state index in [1.807, 2.05) is 0 Å². The zero-order chi connectivity index (χ0) is 29.3. The van der Waals surface area contributed by atoms with E-state index in [9.17, 15) is 28.9 Å². The van der Waals surface area contributed by atoms with Crippen molar-refractivity contribution in [3.8, 4) is 11.3 Å². The van der Waals surface area contributed by atoms with Crippen LogP contribution >= 0.6 is 11.6 Å². The lowest BCUT2D eigenvalue weighted by molar-refractivity contribution is -0.211. The van der Waals surface area contributed by atoms with Crippen LogP contribution in [0, 0.1) is 11.6 Å². The number of carbonyl (C=O) groups excluding carboxylic acids is 1. The van der Waals surface area contributed by atoms with Crippen LogP contribution in [0.25, 0.3) is 11.3 Å². The van der Waals surface area contributed by atoms with Gasteiger partial charge in [0, 0.05) is 29.4 Å². The van der Waals surface area contributed by atoms with Crippen molar-refractivity contribution in [2.75, 3.05) is 18.6 Å². The summed E-state index contributed by atoms with van der Waals surface area (Å²) in [5, 5.41) is 40.6. The van der Waals surface area contributed by atoms with Crippen molar-refractivity contribution in [2.45, 2.75) is 68.3 Å². The number of hydrogen-bond acceptors (Lipinski definition) is 8. The molecule has 1 aromatic heterocycles. The van der Waals surface area contributed by atoms with Crippen LogP contribution < -0.4 is 4.90 Å². The Kier molecular flexibility index (Phi) is 8.97. The van der Waals surface area contributed by atoms with E-state index in [4.69, 9.17) is 21.1 Å². The molecule has 5 rings (SSSR count). The maximum Gasteiger partial charge on any atom is 0.259 e. The Balaban J connectivity index is 1.53. The molecule has 7 atom stereocenters. The normalized spacial score (nSPS) is 28.4. The van der Waals surface area contributed by atoms with E-state index < -0.39 is 66.8 Å². The Morgan fingerprint density at radius 3 is 2.56 bits per heavy atom. The summed E-state index contributed by atoms with van der Waals surface area (Å²) in [5.74, 6) is -2.16. The Morgan fingerprint density at radius 2 is 1.90 bits per heavy atom. The first-order valence-corrected chi connectivity index (χ1v) is 13.7. The fraction of sp³-hybridized carbons (Fsp3) is 0.464. The number of anilines is 1. The summed E-state index contributed by atoms with van der Waals surface area (Å²) in [4.78, 5) is 15.8. The van der Waals surface area contributed by atoms with Gasteiger partial charge in [-0.1, -0.05) is 35.7 Å². The quantitative estimate of drug-likeness (QED) is 0.382. The molecule has 0 bridgehead atoms. The molecule has 1 saturated heterocycles. The van der Waals surface area contributed by atoms with Crippen molar-refractivity contribution in [1.82, 2.24) is 15.0 Å². The molecule has 1 amide bonds. The molecule has 3 N–H and O–H groups in total. The van der Waals surface area contributed by atoms with E-state index in [-0.39, 0.29) is 11.3 Å². The van der Waals surface area contributed by atoms with Gasteiger partial charge in [-0.3, -0.25) is 4.79 Å². The second kappa shape index (κ2) is 12.5. The molecule has 2 aromatic carbocycles. The average Bonchev–Trinajstić information content (AvgIpc) is 3.43. The number of nitrogens with zero attached hydrogens (tertiary/aromatic N) is 4. The fourth-order valence-corrected chi connectivity index (χ4v) is 5.94. The monoisotopic (exact) mass is 592 g/mol. The molecule has 1 aliphatic carbocycles. The average molecular weight is 593 g/mol. The molecule has 13 heteroatoms. The number of aliphatic hydroxyl groups is 3. The molecular formula is C28H31ClF2N4O6. The van der Waals surface area contributed by atoms with Crippen LogP contribution in [-0.4, -0.2) is 86.5 Å². The van der Waals surface area contributed by atoms with Crippen LogP contribution in [0.4, 0.5) is 14.5 Å². The summed E-state index contributed by atoms with van der Waals surface area (Å²) in [6, 6.07) is 7.93. The molecule has 0 radical (unpaired) electrons. The smallest absolute Gasteiger partial charge is 0.259 e. The number of aliphatic hydroxyl groups excluding tert-OH is 3. The molecule has 3 aromatic rings. The van der Waals surface area contributed by atoms with Gasteiger partial charge in [-0.05, 0) is 43.2 Å². The second-order valence-corrected chi connectivity index (χ2v) is 10.7. The van der Waals surface area contributed by atoms with Gasteiger partial charge in [0.15, 0.2) is 6.10 Å². The highest BCUT2D eigenvalue weighted by molar-refractivity contribution is 6.31. The predicted molar refractivity (Wildman–Crippen MR) is 144 cm³/mol. The first-order valence-electron chi connectivity index (χ1n) is 13.3. The summed E-state index contributed by atoms with van der Waals surface area (Å²) in [7, 11) is 1.34. The summed E-state index contributed by atoms with van der Waals surface area (Å²) in [5.41, 5.74) is 0.687. The highest BCUT2D eigenvalue weighted by Crippen LogP contribution is 2.36. The first-order chi connectivity index (χ1) is 19.7. The molecule has 1 aliphatic heterocycles. The van der Waals surface area contributed by atoms with E-state index in [1.165, 1.54) is 22.9 Å². The lowest BCUT2D eigenvalue weighted by Gasteiger charge is -2.46. The Bertz CT molecular complexity index is 1360. The van der Waals surface area contributed by atoms with Crippen LogP contribution in [0.3, 0.4) is 0 Å². The third kappa shape index (κ3) is 5.99. The van der Waals surface area contributed by atoms with Gasteiger partial charge in [0.1, 0.15) is 41.7 Å². The molecule has 2 aliphatic rings. The predicted octanol–water partition coefficient (Wildman–Crippen LogP) is 2.89. The minimum Gasteiger partial charge on any atom is -0.394 e. The van der Waals surface area contributed by atoms with Gasteiger partial charge in [-0.15, -0.1) is 5.10 Å². The summed E-state index contributed by atoms with van der Waals surface area (Å²) in [6.07, 6.45) is -1.85. The maximum atomic E-state index is 14.3. The van der Waals surface area contributed by atoms with Crippen LogP contribution in [0.2, 0.25) is 5.02 Å². The standard InChI is InChI=1S/C28H31ClF2N4O6/c1-40-26-24(34-13-20(32-33-34)15-9-17(30)12-18(31)10-15)25(38)23(14-36)41-27(26)28(39)35(19-6-4-5-16(29)11-19)21-7-2-3-8-22(21)37/h4-6,9-13,21-27,36-38H,2-3,7-8,14H2,1H3/t21-,22-,23+,24-,25-,26+,27+/m0/s1. The number of rotatable bonds is 7. The minimum atomic E-state index is -1.40. The maximum absolute atomic E-state index is 14.3. The van der Waals surface area contributed by atoms with Gasteiger partial charge in [0.05, 0.1) is 24.9 Å². The van der Waals surface area contributed by atoms with Gasteiger partial charge in [0.25, 0.3) is 5.91 Å². The Labute approximate surface area is 240 Å². The van der Waals surface area contributed by atoms with E-state index in [2.05, 4.69) is 10.3 Å². The first kappa shape index (κ1) is 29.5. The summed E-state index contributed by atoms with van der Waals surface area (Å²) >= 11 is 6.26. The fourth-order valence-electron chi connectivity index (χ4n) is 5.75. The van der Waals surface area contributed by atoms with Crippen LogP contribution in [0.5, 0.6) is 0 Å². The highest BCUT2D eigenvalue weighted by Gasteiger charge is 2.52. The molecule has 41 heavy (non-hydrogen) atoms. The van der Waals surface area contributed by atoms with Crippen LogP contribution in [-0.2, 0) is 14.3 Å². The van der Waals surface area contributed by atoms with Crippen molar-refractivity contribution in [3.63, 3.8) is 0 Å². The summed E-state index contributed by atoms with van der Waals surface area (Å²) in [6.45, 7) is -0.627. The molecular weight excluding hydrogens is 562 g/mol. The molecule has 220 valence electrons. The minimum absolute atomic E-state index is 0.117. The zero-order valence-electron chi connectivity index (χ0n) is 22.2. The number of amides is 1. The number of carbonyl (C=O) groups is 1. The molecule has 2 heterocycles. The van der Waals surface area contributed by atoms with E-state index in [0.717, 1.165) is 31.0 Å². The number of ether oxygens (including phenoxy) is 2. The molecule has 2 fully saturated rings. The Morgan fingerprint density at radius 1 is 1.17 bits per heavy atom. The van der Waals surface area contributed by atoms with Crippen LogP contribution in [0.15, 0.2) is 48.7 Å². The van der Waals surface area contributed by atoms with Gasteiger partial charge in [-0.25, -0.2) is 13.5 Å². The number of aromatic nitrogens is 3. The SMILES string of the molecule is CO[C@@H]1[C@@H](n2cc(-c3cc(F)cc(F)c3)nn2)[C@@H](O)[C@@H](CO)O[C@H]1C(=O)N(c1cccc(Cl)c1)[C@H]1CCCC[C@@H]1O. The van der Waals surface area contributed by atoms with Crippen molar-refractivity contribution in [3.05, 3.63) is 65.3 Å². The number of hydrogen-bond donors (Lipinski definition) is 3. The van der Waals surface area contributed by atoms with Gasteiger partial charge in [-0.2, -0.15) is 0 Å². The third-order valence-corrected chi connectivity index (χ3v) is 7.94. The third-order valence-electron chi connectivity index (χ3n) is 7.71. The lowest BCUT2D eigenvalue weighted by Crippen LogP contribution is -2.63. The Hall–Kier alpha value is -3.00. The van der Waals surface area contributed by atoms with Gasteiger partial charge >= 0.3 is 0 Å². The topological polar surface area (TPSA) is 130 Å². The van der Waals surface area contributed by atoms with Gasteiger partial charge < -0.3 is 29.7 Å². The van der Waals surface area contributed by atoms with Crippen molar-refractivity contribution < 1.29 is 38.4 Å². The van der Waals surface area contributed by atoms with Crippen molar-refractivity contribution in [1.29, 1.82) is 0 Å². The van der Waals surface area contributed by atoms with E-state index >= 15 is 0 Å². The molecule has 0 spiro atoms. The van der Waals surface area contributed by atoms with Crippen LogP contribution in [0.1, 0.15) is 31.7 Å². The van der Waals surface area contributed by atoms with Gasteiger partial charge in [0.2, 0.25) is 0 Å². The van der Waals surface area contributed by atoms with Crippen molar-refractivity contribution in [2.24, 2.45) is 0 Å². The summed E-state index contributed by atoms with van der Waals surface area (Å²) < 4.78 is 40.6. The van der Waals surface area contributed by atoms with E-state index in [1.54, 1.807) is 24.3 Å². The lowest BCUT2D eigenvalue weighted by atomic mass is 9.88. The largest absolute Gasteiger partial charge is 0.394 e. The second-order valence-electron chi connectivity index (χ2n) is 10.3. The molecule has 10 nitrogen and oxygen atoms in total. The molecule has 0 unspecified atom stereocenters. The number of benzene rings is 2. The van der Waals surface area contributed by atoms with Crippen molar-refractivity contribution >= 4 is 23.2 Å². The highest BCUT2D eigenvalue weighted by atomic mass is 35.5.